The van der Waals surface area contributed by atoms with Gasteiger partial charge in [0.25, 0.3) is 0 Å². The normalized spacial score (nSPS) is 22.4. The minimum Gasteiger partial charge on any atom is -0.508 e. The number of nitrogens with zero attached hydrogens (tertiary/aromatic N) is 5. The molecule has 1 aromatic heterocycles. The molecule has 36 heteroatoms. The number of primary amides is 1. The molecule has 0 radical (unpaired) electrons. The average Bonchev–Trinajstić information content (AvgIpc) is 1.47. The van der Waals surface area contributed by atoms with E-state index < -0.39 is 198 Å². The van der Waals surface area contributed by atoms with Crippen LogP contribution in [-0.4, -0.2) is 272 Å². The maximum absolute atomic E-state index is 15.6. The third kappa shape index (κ3) is 30.0. The maximum Gasteiger partial charge on any atom is 0.305 e. The fourth-order valence-electron chi connectivity index (χ4n) is 15.1. The number of rotatable bonds is 23. The molecule has 0 unspecified atom stereocenters. The van der Waals surface area contributed by atoms with E-state index in [0.29, 0.717) is 57.1 Å². The van der Waals surface area contributed by atoms with Gasteiger partial charge in [-0.3, -0.25) is 76.7 Å². The number of unbranched alkanes of at least 4 members (excludes halogenated alkanes) is 1. The monoisotopic (exact) mass is 1810 g/mol. The largest absolute Gasteiger partial charge is 0.508 e. The number of fused-ring (bicyclic) bond motifs is 1. The summed E-state index contributed by atoms with van der Waals surface area (Å²) in [7, 11) is 6.56. The summed E-state index contributed by atoms with van der Waals surface area (Å²) in [5.74, 6) is -17.5. The van der Waals surface area contributed by atoms with E-state index in [9.17, 15) is 53.7 Å². The summed E-state index contributed by atoms with van der Waals surface area (Å²) >= 11 is 0.829. The van der Waals surface area contributed by atoms with E-state index in [1.54, 1.807) is 149 Å². The molecule has 130 heavy (non-hydrogen) atoms. The van der Waals surface area contributed by atoms with Gasteiger partial charge >= 0.3 is 5.97 Å². The fourth-order valence-corrected chi connectivity index (χ4v) is 15.9. The van der Waals surface area contributed by atoms with E-state index in [0.717, 1.165) is 26.5 Å². The van der Waals surface area contributed by atoms with Crippen molar-refractivity contribution in [2.45, 2.75) is 185 Å². The van der Waals surface area contributed by atoms with Gasteiger partial charge in [-0.2, -0.15) is 0 Å². The van der Waals surface area contributed by atoms with Crippen LogP contribution in [0.4, 0.5) is 0 Å². The highest BCUT2D eigenvalue weighted by atomic mass is 32.2. The number of hydrogen-bond acceptors (Lipinski definition) is 19. The summed E-state index contributed by atoms with van der Waals surface area (Å²) in [4.78, 5) is 244. The van der Waals surface area contributed by atoms with E-state index in [4.69, 9.17) is 5.73 Å². The number of H-pyrrole nitrogens is 1. The highest BCUT2D eigenvalue weighted by Gasteiger charge is 2.43. The molecule has 35 nitrogen and oxygen atoms in total. The predicted molar refractivity (Wildman–Crippen MR) is 487 cm³/mol. The molecule has 1 fully saturated rings. The van der Waals surface area contributed by atoms with Gasteiger partial charge in [0.1, 0.15) is 84.0 Å². The van der Waals surface area contributed by atoms with Crippen LogP contribution >= 0.6 is 11.8 Å². The van der Waals surface area contributed by atoms with Crippen LogP contribution in [-0.2, 0) is 115 Å². The van der Waals surface area contributed by atoms with E-state index in [1.807, 2.05) is 6.92 Å². The zero-order valence-corrected chi connectivity index (χ0v) is 75.8. The Balaban J connectivity index is 1.22. The number of thioether (sulfide) groups is 1. The number of carboxylic acid groups (broad SMARTS) is 1. The highest BCUT2D eigenvalue weighted by molar-refractivity contribution is 8.00. The second kappa shape index (κ2) is 49.0. The van der Waals surface area contributed by atoms with Gasteiger partial charge < -0.3 is 98.4 Å². The number of aromatic hydroxyl groups is 2. The van der Waals surface area contributed by atoms with Crippen molar-refractivity contribution in [1.82, 2.24) is 77.3 Å². The smallest absolute Gasteiger partial charge is 0.305 e. The predicted octanol–water partition coefficient (Wildman–Crippen LogP) is 2.72. The van der Waals surface area contributed by atoms with Gasteiger partial charge in [-0.15, -0.1) is 11.8 Å². The molecule has 1 aliphatic heterocycles. The van der Waals surface area contributed by atoms with Gasteiger partial charge in [0, 0.05) is 96.6 Å². The van der Waals surface area contributed by atoms with Crippen molar-refractivity contribution >= 4 is 117 Å². The lowest BCUT2D eigenvalue weighted by Crippen LogP contribution is -2.61. The molecule has 7 aromatic rings. The van der Waals surface area contributed by atoms with Crippen LogP contribution in [0.2, 0.25) is 0 Å². The van der Waals surface area contributed by atoms with Crippen molar-refractivity contribution in [2.75, 3.05) is 59.8 Å². The number of benzene rings is 6. The number of para-hydroxylation sites is 1. The van der Waals surface area contributed by atoms with Crippen LogP contribution < -0.4 is 53.6 Å². The zero-order chi connectivity index (χ0) is 95.2. The Kier molecular flexibility index (Phi) is 38.4. The summed E-state index contributed by atoms with van der Waals surface area (Å²) in [5, 5.41) is 55.8. The number of nitrogens with one attached hydrogen (secondary N) is 10. The Morgan fingerprint density at radius 1 is 0.469 bits per heavy atom. The third-order valence-electron chi connectivity index (χ3n) is 22.6. The highest BCUT2D eigenvalue weighted by Crippen LogP contribution is 2.25. The van der Waals surface area contributed by atoms with Gasteiger partial charge in [-0.25, -0.2) is 0 Å². The van der Waals surface area contributed by atoms with E-state index in [1.165, 1.54) is 100 Å². The maximum atomic E-state index is 15.6. The number of likely N-dealkylation sites (N-methyl/N-ethyl adjacent to an activating group) is 5. The molecule has 1 aliphatic rings. The molecule has 8 rings (SSSR count). The van der Waals surface area contributed by atoms with E-state index in [2.05, 4.69) is 52.8 Å². The minimum absolute atomic E-state index is 0.0227. The molecule has 0 saturated carbocycles. The quantitative estimate of drug-likeness (QED) is 0.0438. The number of aliphatic carboxylic acids is 1. The van der Waals surface area contributed by atoms with E-state index >= 15 is 38.4 Å². The van der Waals surface area contributed by atoms with Gasteiger partial charge in [0.2, 0.25) is 88.6 Å². The van der Waals surface area contributed by atoms with Crippen LogP contribution in [0.15, 0.2) is 170 Å². The number of carbonyl (C=O) groups excluding carboxylic acids is 15. The third-order valence-corrected chi connectivity index (χ3v) is 23.6. The van der Waals surface area contributed by atoms with Crippen LogP contribution in [0, 0.1) is 11.8 Å². The molecule has 2 heterocycles. The number of phenols is 2. The standard InChI is InChI=1S/C94H120N16O19S/c1-12-13-33-75-92(127)107(8)57(6)83(118)100-71(49-81(116)117)88(123)105-82(56(4)5)94(129)109(10)76(46-59-27-19-15-20-28-59)89(124)103-72(45-62-36-40-65(112)41-37-62)90(125)106(7)52-79(114)98-70(48-63-50-96-67-32-24-23-31-66(63)67)87(122)102-69(43-61-34-38-64(111)39-35-61)86(121)101-68(42-55(2)3)85(120)104-74(84(119)97-51-78(95)113)53-130-54-80(115)99-73(44-58-25-17-14-18-26-58)91(126)110(11)77(93(128)108(75)9)47-60-29-21-16-22-30-60/h14-32,34-41,50,55-57,68-77,82,96,111-112H,12-13,33,42-49,51-54H2,1-11H3,(H2,95,113)(H,97,119)(H,98,114)(H,99,115)(H,100,118)(H,101,121)(H,102,122)(H,103,124)(H,104,120)(H,105,123)(H,116,117)/t57-,68+,69+,70+,71+,72+,73+,74+,75+,76+,77+,82+/m1/s1. The Morgan fingerprint density at radius 2 is 0.923 bits per heavy atom. The lowest BCUT2D eigenvalue weighted by atomic mass is 9.98. The second-order valence-electron chi connectivity index (χ2n) is 33.4. The summed E-state index contributed by atoms with van der Waals surface area (Å²) < 4.78 is 0. The lowest BCUT2D eigenvalue weighted by Gasteiger charge is -2.38. The first kappa shape index (κ1) is 102. The van der Waals surface area contributed by atoms with Crippen molar-refractivity contribution in [2.24, 2.45) is 17.6 Å². The molecule has 15 amide bonds. The molecular weight excluding hydrogens is 1690 g/mol. The van der Waals surface area contributed by atoms with Crippen molar-refractivity contribution in [3.05, 3.63) is 203 Å². The van der Waals surface area contributed by atoms with Crippen LogP contribution in [0.3, 0.4) is 0 Å². The number of aromatic amines is 1. The number of aromatic nitrogens is 1. The number of carbonyl (C=O) groups is 16. The summed E-state index contributed by atoms with van der Waals surface area (Å²) in [5.41, 5.74) is 9.11. The molecular formula is C94H120N16O19S. The first-order chi connectivity index (χ1) is 61.8. The number of nitrogens with two attached hydrogens (primary N) is 1. The molecule has 0 aliphatic carbocycles. The number of carboxylic acids is 1. The van der Waals surface area contributed by atoms with Crippen molar-refractivity contribution in [3.63, 3.8) is 0 Å². The average molecular weight is 1810 g/mol. The Hall–Kier alpha value is -13.7. The molecule has 12 atom stereocenters. The van der Waals surface area contributed by atoms with Gasteiger partial charge in [-0.05, 0) is 95.3 Å². The van der Waals surface area contributed by atoms with Crippen molar-refractivity contribution < 1.29 is 92.0 Å². The van der Waals surface area contributed by atoms with Crippen molar-refractivity contribution in [3.8, 4) is 11.5 Å². The molecule has 0 bridgehead atoms. The van der Waals surface area contributed by atoms with Crippen LogP contribution in [0.5, 0.6) is 11.5 Å². The first-order valence-corrected chi connectivity index (χ1v) is 44.3. The molecule has 1 saturated heterocycles. The first-order valence-electron chi connectivity index (χ1n) is 43.1. The number of amides is 15. The summed E-state index contributed by atoms with van der Waals surface area (Å²) in [6.07, 6.45) is 0.0572. The lowest BCUT2D eigenvalue weighted by molar-refractivity contribution is -0.152. The molecule has 15 N–H and O–H groups in total. The summed E-state index contributed by atoms with van der Waals surface area (Å²) in [6, 6.07) is 25.7. The van der Waals surface area contributed by atoms with Gasteiger partial charge in [0.05, 0.1) is 25.3 Å². The van der Waals surface area contributed by atoms with Gasteiger partial charge in [0.15, 0.2) is 0 Å². The number of phenolic OH excluding ortho intramolecular Hbond substituents is 2. The van der Waals surface area contributed by atoms with Crippen LogP contribution in [0.25, 0.3) is 10.9 Å². The SMILES string of the molecule is CCCC[C@H]1C(=O)N(C)[C@H](C)C(=O)N[C@@H](CC(=O)O)C(=O)N[C@@H](C(C)C)C(=O)N(C)[C@@H](Cc2ccccc2)C(=O)N[C@@H](Cc2ccc(O)cc2)C(=O)N(C)CC(=O)N[C@@H](Cc2c[nH]c3ccccc23)C(=O)N[C@@H](Cc2ccc(O)cc2)C(=O)N[C@@H](CC(C)C)C(=O)N[C@H](C(=O)NCC(N)=O)CSCC(=O)N[C@@H](Cc2ccccc2)C(=O)N(C)[C@@H](Cc2ccccc2)C(=O)N1C. The topological polar surface area (TPSA) is 500 Å². The van der Waals surface area contributed by atoms with Gasteiger partial charge in [-0.1, -0.05) is 181 Å². The molecule has 0 spiro atoms. The summed E-state index contributed by atoms with van der Waals surface area (Å²) in [6.45, 7) is 8.30. The Morgan fingerprint density at radius 3 is 1.47 bits per heavy atom. The molecule has 696 valence electrons. The number of hydrogen-bond donors (Lipinski definition) is 14. The Bertz CT molecular complexity index is 5100. The zero-order valence-electron chi connectivity index (χ0n) is 75.0. The minimum atomic E-state index is -1.92. The second-order valence-corrected chi connectivity index (χ2v) is 34.5. The Labute approximate surface area is 759 Å². The van der Waals surface area contributed by atoms with Crippen LogP contribution in [0.1, 0.15) is 107 Å². The van der Waals surface area contributed by atoms with Crippen molar-refractivity contribution in [1.29, 1.82) is 0 Å². The fraction of sp³-hybridized carbons (Fsp3) is 0.426. The molecule has 6 aromatic carbocycles. The van der Waals surface area contributed by atoms with E-state index in [-0.39, 0.29) is 74.5 Å².